The Hall–Kier alpha value is -1.12. The normalized spacial score (nSPS) is 12.4. The summed E-state index contributed by atoms with van der Waals surface area (Å²) >= 11 is 1.74. The molecule has 138 valence electrons. The Morgan fingerprint density at radius 3 is 2.72 bits per heavy atom. The van der Waals surface area contributed by atoms with E-state index in [0.29, 0.717) is 19.1 Å². The number of benzene rings is 1. The maximum atomic E-state index is 5.19. The Kier molecular flexibility index (Phi) is 10.8. The number of hydrogen-bond donors (Lipinski definition) is 2. The lowest BCUT2D eigenvalue weighted by Crippen LogP contribution is -2.39. The largest absolute Gasteiger partial charge is 0.380 e. The highest BCUT2D eigenvalue weighted by atomic mass is 127. The van der Waals surface area contributed by atoms with Crippen LogP contribution in [0.4, 0.5) is 0 Å². The summed E-state index contributed by atoms with van der Waals surface area (Å²) in [4.78, 5) is 4.69. The van der Waals surface area contributed by atoms with Crippen LogP contribution in [-0.2, 0) is 17.9 Å². The first-order valence-electron chi connectivity index (χ1n) is 8.34. The van der Waals surface area contributed by atoms with Crippen molar-refractivity contribution < 1.29 is 4.74 Å². The second-order valence-electron chi connectivity index (χ2n) is 5.79. The molecule has 1 heterocycles. The lowest BCUT2D eigenvalue weighted by molar-refractivity contribution is 0.185. The molecule has 0 amide bonds. The van der Waals surface area contributed by atoms with E-state index in [9.17, 15) is 0 Å². The van der Waals surface area contributed by atoms with E-state index in [-0.39, 0.29) is 24.0 Å². The molecule has 0 aliphatic rings. The topological polar surface area (TPSA) is 45.7 Å². The molecule has 0 saturated carbocycles. The van der Waals surface area contributed by atoms with Gasteiger partial charge in [-0.25, -0.2) is 4.99 Å². The maximum absolute atomic E-state index is 5.19. The summed E-state index contributed by atoms with van der Waals surface area (Å²) in [6.45, 7) is 7.31. The maximum Gasteiger partial charge on any atom is 0.191 e. The van der Waals surface area contributed by atoms with E-state index in [4.69, 9.17) is 9.73 Å². The van der Waals surface area contributed by atoms with Gasteiger partial charge in [-0.15, -0.1) is 24.0 Å². The number of nitrogens with one attached hydrogen (secondary N) is 2. The molecule has 1 unspecified atom stereocenters. The van der Waals surface area contributed by atoms with E-state index in [1.165, 1.54) is 16.7 Å². The molecule has 0 radical (unpaired) electrons. The highest BCUT2D eigenvalue weighted by molar-refractivity contribution is 14.0. The number of halogens is 1. The SMILES string of the molecule is CCNC(=NCc1cccc(COC)c1)NCC(C)c1ccsc1.I. The lowest BCUT2D eigenvalue weighted by Gasteiger charge is -2.15. The van der Waals surface area contributed by atoms with Gasteiger partial charge in [-0.1, -0.05) is 31.2 Å². The molecule has 2 N–H and O–H groups in total. The molecule has 0 spiro atoms. The molecule has 1 aromatic carbocycles. The molecule has 0 fully saturated rings. The zero-order chi connectivity index (χ0) is 17.2. The standard InChI is InChI=1S/C19H27N3OS.HI/c1-4-20-19(21-11-15(2)18-8-9-24-14-18)22-12-16-6-5-7-17(10-16)13-23-3;/h5-10,14-15H,4,11-13H2,1-3H3,(H2,20,21,22);1H. The molecular weight excluding hydrogens is 445 g/mol. The second-order valence-corrected chi connectivity index (χ2v) is 6.57. The summed E-state index contributed by atoms with van der Waals surface area (Å²) in [5, 5.41) is 11.1. The molecule has 2 rings (SSSR count). The average Bonchev–Trinajstić information content (AvgIpc) is 3.12. The summed E-state index contributed by atoms with van der Waals surface area (Å²) in [5.41, 5.74) is 3.73. The number of ether oxygens (including phenoxy) is 1. The van der Waals surface area contributed by atoms with E-state index >= 15 is 0 Å². The van der Waals surface area contributed by atoms with Crippen LogP contribution in [0.1, 0.15) is 36.5 Å². The summed E-state index contributed by atoms with van der Waals surface area (Å²) < 4.78 is 5.19. The number of nitrogens with zero attached hydrogens (tertiary/aromatic N) is 1. The molecule has 1 atom stereocenters. The quantitative estimate of drug-likeness (QED) is 0.340. The van der Waals surface area contributed by atoms with Crippen molar-refractivity contribution in [3.8, 4) is 0 Å². The fourth-order valence-corrected chi connectivity index (χ4v) is 3.20. The summed E-state index contributed by atoms with van der Waals surface area (Å²) in [6, 6.07) is 10.5. The van der Waals surface area contributed by atoms with Crippen molar-refractivity contribution in [2.75, 3.05) is 20.2 Å². The van der Waals surface area contributed by atoms with Gasteiger partial charge >= 0.3 is 0 Å². The van der Waals surface area contributed by atoms with Crippen LogP contribution in [0.5, 0.6) is 0 Å². The van der Waals surface area contributed by atoms with Gasteiger partial charge in [0.1, 0.15) is 0 Å². The van der Waals surface area contributed by atoms with Gasteiger partial charge in [-0.05, 0) is 46.4 Å². The molecule has 2 aromatic rings. The fourth-order valence-electron chi connectivity index (χ4n) is 2.42. The summed E-state index contributed by atoms with van der Waals surface area (Å²) in [5.74, 6) is 1.32. The number of methoxy groups -OCH3 is 1. The minimum atomic E-state index is 0. The van der Waals surface area contributed by atoms with Crippen molar-refractivity contribution in [2.24, 2.45) is 4.99 Å². The Balaban J connectivity index is 0.00000312. The highest BCUT2D eigenvalue weighted by Gasteiger charge is 2.07. The van der Waals surface area contributed by atoms with Gasteiger partial charge < -0.3 is 15.4 Å². The highest BCUT2D eigenvalue weighted by Crippen LogP contribution is 2.17. The van der Waals surface area contributed by atoms with E-state index < -0.39 is 0 Å². The van der Waals surface area contributed by atoms with Gasteiger partial charge in [0.15, 0.2) is 5.96 Å². The number of aliphatic imine (C=N–C) groups is 1. The van der Waals surface area contributed by atoms with Gasteiger partial charge in [0.25, 0.3) is 0 Å². The van der Waals surface area contributed by atoms with E-state index in [2.05, 4.69) is 65.6 Å². The van der Waals surface area contributed by atoms with Crippen LogP contribution in [-0.4, -0.2) is 26.2 Å². The van der Waals surface area contributed by atoms with Crippen LogP contribution >= 0.6 is 35.3 Å². The molecule has 0 aliphatic carbocycles. The molecular formula is C19H28IN3OS. The first-order valence-corrected chi connectivity index (χ1v) is 9.28. The monoisotopic (exact) mass is 473 g/mol. The third-order valence-corrected chi connectivity index (χ3v) is 4.46. The van der Waals surface area contributed by atoms with Crippen molar-refractivity contribution in [3.63, 3.8) is 0 Å². The molecule has 0 saturated heterocycles. The molecule has 6 heteroatoms. The summed E-state index contributed by atoms with van der Waals surface area (Å²) in [7, 11) is 1.71. The molecule has 0 bridgehead atoms. The second kappa shape index (κ2) is 12.3. The van der Waals surface area contributed by atoms with Crippen molar-refractivity contribution in [2.45, 2.75) is 32.9 Å². The number of rotatable bonds is 8. The predicted octanol–water partition coefficient (Wildman–Crippen LogP) is 4.37. The van der Waals surface area contributed by atoms with Gasteiger partial charge in [0, 0.05) is 20.2 Å². The zero-order valence-corrected chi connectivity index (χ0v) is 18.3. The minimum absolute atomic E-state index is 0. The molecule has 4 nitrogen and oxygen atoms in total. The van der Waals surface area contributed by atoms with E-state index in [0.717, 1.165) is 19.0 Å². The van der Waals surface area contributed by atoms with Crippen molar-refractivity contribution in [1.29, 1.82) is 0 Å². The lowest BCUT2D eigenvalue weighted by atomic mass is 10.1. The predicted molar refractivity (Wildman–Crippen MR) is 118 cm³/mol. The number of thiophene rings is 1. The smallest absolute Gasteiger partial charge is 0.191 e. The van der Waals surface area contributed by atoms with Crippen LogP contribution in [0.25, 0.3) is 0 Å². The Labute approximate surface area is 172 Å². The van der Waals surface area contributed by atoms with Crippen LogP contribution < -0.4 is 10.6 Å². The Morgan fingerprint density at radius 2 is 2.04 bits per heavy atom. The zero-order valence-electron chi connectivity index (χ0n) is 15.1. The van der Waals surface area contributed by atoms with Gasteiger partial charge in [-0.3, -0.25) is 0 Å². The molecule has 0 aliphatic heterocycles. The molecule has 25 heavy (non-hydrogen) atoms. The fraction of sp³-hybridized carbons (Fsp3) is 0.421. The van der Waals surface area contributed by atoms with Gasteiger partial charge in [0.05, 0.1) is 13.2 Å². The first kappa shape index (κ1) is 21.9. The average molecular weight is 473 g/mol. The molecule has 1 aromatic heterocycles. The van der Waals surface area contributed by atoms with Crippen molar-refractivity contribution in [1.82, 2.24) is 10.6 Å². The van der Waals surface area contributed by atoms with Gasteiger partial charge in [0.2, 0.25) is 0 Å². The van der Waals surface area contributed by atoms with Crippen molar-refractivity contribution in [3.05, 3.63) is 57.8 Å². The van der Waals surface area contributed by atoms with Crippen LogP contribution in [0.15, 0.2) is 46.1 Å². The van der Waals surface area contributed by atoms with Crippen LogP contribution in [0.3, 0.4) is 0 Å². The third-order valence-electron chi connectivity index (χ3n) is 3.75. The van der Waals surface area contributed by atoms with Crippen molar-refractivity contribution >= 4 is 41.3 Å². The van der Waals surface area contributed by atoms with Crippen LogP contribution in [0.2, 0.25) is 0 Å². The van der Waals surface area contributed by atoms with E-state index in [1.54, 1.807) is 18.4 Å². The summed E-state index contributed by atoms with van der Waals surface area (Å²) in [6.07, 6.45) is 0. The minimum Gasteiger partial charge on any atom is -0.380 e. The third kappa shape index (κ3) is 7.75. The van der Waals surface area contributed by atoms with Gasteiger partial charge in [-0.2, -0.15) is 11.3 Å². The Bertz CT molecular complexity index is 631. The first-order chi connectivity index (χ1) is 11.7. The van der Waals surface area contributed by atoms with E-state index in [1.807, 2.05) is 0 Å². The van der Waals surface area contributed by atoms with Crippen LogP contribution in [0, 0.1) is 0 Å². The number of guanidine groups is 1. The number of hydrogen-bond acceptors (Lipinski definition) is 3. The Morgan fingerprint density at radius 1 is 1.24 bits per heavy atom.